The molecule has 4 rings (SSSR count). The average molecular weight is 537 g/mol. The van der Waals surface area contributed by atoms with Crippen molar-refractivity contribution in [3.8, 4) is 11.8 Å². The van der Waals surface area contributed by atoms with Crippen LogP contribution in [0, 0.1) is 11.3 Å². The van der Waals surface area contributed by atoms with Crippen LogP contribution in [0.5, 0.6) is 5.75 Å². The van der Waals surface area contributed by atoms with Crippen LogP contribution in [0.15, 0.2) is 58.1 Å². The third-order valence-electron chi connectivity index (χ3n) is 5.25. The highest BCUT2D eigenvalue weighted by atomic mass is 79.9. The van der Waals surface area contributed by atoms with Gasteiger partial charge in [0, 0.05) is 9.35 Å². The van der Waals surface area contributed by atoms with Gasteiger partial charge in [0.25, 0.3) is 0 Å². The summed E-state index contributed by atoms with van der Waals surface area (Å²) in [5, 5.41) is 16.3. The molecule has 0 bridgehead atoms. The maximum atomic E-state index is 12.3. The van der Waals surface area contributed by atoms with Gasteiger partial charge in [0.05, 0.1) is 11.8 Å². The molecular formula is C25H21BrN4O3S. The lowest BCUT2D eigenvalue weighted by molar-refractivity contribution is -0.136. The number of benzene rings is 2. The highest BCUT2D eigenvalue weighted by molar-refractivity contribution is 9.10. The van der Waals surface area contributed by atoms with Gasteiger partial charge in [-0.3, -0.25) is 9.59 Å². The molecule has 2 N–H and O–H groups in total. The van der Waals surface area contributed by atoms with Gasteiger partial charge in [-0.15, -0.1) is 11.3 Å². The molecule has 1 heterocycles. The Kier molecular flexibility index (Phi) is 7.72. The molecule has 1 aliphatic rings. The summed E-state index contributed by atoms with van der Waals surface area (Å²) >= 11 is 4.81. The number of anilines is 1. The van der Waals surface area contributed by atoms with E-state index in [1.54, 1.807) is 12.1 Å². The topological polar surface area (TPSA) is 104 Å². The fourth-order valence-corrected chi connectivity index (χ4v) is 5.31. The first-order valence-electron chi connectivity index (χ1n) is 10.7. The lowest BCUT2D eigenvalue weighted by Crippen LogP contribution is -2.32. The zero-order valence-corrected chi connectivity index (χ0v) is 20.5. The van der Waals surface area contributed by atoms with Gasteiger partial charge in [-0.2, -0.15) is 10.4 Å². The summed E-state index contributed by atoms with van der Waals surface area (Å²) in [6.45, 7) is 0.410. The van der Waals surface area contributed by atoms with E-state index in [1.807, 2.05) is 36.4 Å². The molecule has 9 heteroatoms. The lowest BCUT2D eigenvalue weighted by Gasteiger charge is -2.09. The number of carbonyl (C=O) groups is 2. The zero-order valence-electron chi connectivity index (χ0n) is 18.1. The third kappa shape index (κ3) is 5.90. The van der Waals surface area contributed by atoms with E-state index in [9.17, 15) is 14.9 Å². The van der Waals surface area contributed by atoms with E-state index in [0.29, 0.717) is 28.5 Å². The molecule has 0 unspecified atom stereocenters. The summed E-state index contributed by atoms with van der Waals surface area (Å²) in [4.78, 5) is 25.6. The predicted molar refractivity (Wildman–Crippen MR) is 135 cm³/mol. The summed E-state index contributed by atoms with van der Waals surface area (Å²) in [7, 11) is 0. The monoisotopic (exact) mass is 536 g/mol. The van der Waals surface area contributed by atoms with Crippen molar-refractivity contribution in [1.82, 2.24) is 5.43 Å². The van der Waals surface area contributed by atoms with Crippen LogP contribution >= 0.6 is 27.3 Å². The van der Waals surface area contributed by atoms with Gasteiger partial charge in [-0.05, 0) is 66.6 Å². The van der Waals surface area contributed by atoms with E-state index in [0.717, 1.165) is 46.2 Å². The first kappa shape index (κ1) is 23.7. The Morgan fingerprint density at radius 1 is 1.15 bits per heavy atom. The van der Waals surface area contributed by atoms with Crippen molar-refractivity contribution >= 4 is 50.3 Å². The SMILES string of the molecule is N#Cc1c(NC(=O)C(=O)N/N=C\c2cccc(OCc3cccc(Br)c3)c2)sc2c1CCCC2. The molecule has 7 nitrogen and oxygen atoms in total. The van der Waals surface area contributed by atoms with E-state index in [2.05, 4.69) is 37.8 Å². The first-order valence-corrected chi connectivity index (χ1v) is 12.3. The number of hydrogen-bond acceptors (Lipinski definition) is 6. The molecular weight excluding hydrogens is 516 g/mol. The highest BCUT2D eigenvalue weighted by Crippen LogP contribution is 2.37. The Bertz CT molecular complexity index is 1300. The second kappa shape index (κ2) is 11.1. The van der Waals surface area contributed by atoms with Gasteiger partial charge in [-0.1, -0.05) is 40.2 Å². The number of carbonyl (C=O) groups excluding carboxylic acids is 2. The van der Waals surface area contributed by atoms with E-state index in [1.165, 1.54) is 17.6 Å². The number of hydrazone groups is 1. The fraction of sp³-hybridized carbons (Fsp3) is 0.200. The van der Waals surface area contributed by atoms with Crippen molar-refractivity contribution in [3.05, 3.63) is 80.1 Å². The molecule has 0 radical (unpaired) electrons. The minimum atomic E-state index is -0.909. The number of nitriles is 1. The van der Waals surface area contributed by atoms with Crippen LogP contribution in [0.25, 0.3) is 0 Å². The number of rotatable bonds is 6. The van der Waals surface area contributed by atoms with Crippen LogP contribution in [0.2, 0.25) is 0 Å². The number of nitrogens with one attached hydrogen (secondary N) is 2. The molecule has 0 atom stereocenters. The molecule has 0 aliphatic heterocycles. The fourth-order valence-electron chi connectivity index (χ4n) is 3.63. The molecule has 0 fully saturated rings. The maximum absolute atomic E-state index is 12.3. The molecule has 1 aromatic heterocycles. The summed E-state index contributed by atoms with van der Waals surface area (Å²) in [6, 6.07) is 17.2. The quantitative estimate of drug-likeness (QED) is 0.264. The number of fused-ring (bicyclic) bond motifs is 1. The van der Waals surface area contributed by atoms with Gasteiger partial charge in [0.1, 0.15) is 23.4 Å². The number of amides is 2. The summed E-state index contributed by atoms with van der Waals surface area (Å²) < 4.78 is 6.80. The number of nitrogens with zero attached hydrogens (tertiary/aromatic N) is 2. The second-order valence-electron chi connectivity index (χ2n) is 7.67. The number of halogens is 1. The first-order chi connectivity index (χ1) is 16.5. The largest absolute Gasteiger partial charge is 0.489 e. The normalized spacial score (nSPS) is 12.6. The van der Waals surface area contributed by atoms with E-state index in [4.69, 9.17) is 4.74 Å². The summed E-state index contributed by atoms with van der Waals surface area (Å²) in [5.74, 6) is -1.12. The number of ether oxygens (including phenoxy) is 1. The van der Waals surface area contributed by atoms with Crippen molar-refractivity contribution in [2.24, 2.45) is 5.10 Å². The Morgan fingerprint density at radius 3 is 2.79 bits per heavy atom. The van der Waals surface area contributed by atoms with Gasteiger partial charge in [0.2, 0.25) is 0 Å². The van der Waals surface area contributed by atoms with Crippen LogP contribution < -0.4 is 15.5 Å². The number of thiophene rings is 1. The number of aryl methyl sites for hydroxylation is 1. The predicted octanol–water partition coefficient (Wildman–Crippen LogP) is 4.93. The van der Waals surface area contributed by atoms with Crippen molar-refractivity contribution in [2.45, 2.75) is 32.3 Å². The standard InChI is InChI=1S/C25H21BrN4O3S/c26-18-7-3-6-17(11-18)15-33-19-8-4-5-16(12-19)14-28-30-24(32)23(31)29-25-21(13-27)20-9-1-2-10-22(20)34-25/h3-8,11-12,14H,1-2,9-10,15H2,(H,29,31)(H,30,32)/b28-14-. The van der Waals surface area contributed by atoms with Crippen LogP contribution in [0.3, 0.4) is 0 Å². The highest BCUT2D eigenvalue weighted by Gasteiger charge is 2.23. The van der Waals surface area contributed by atoms with Gasteiger partial charge >= 0.3 is 11.8 Å². The van der Waals surface area contributed by atoms with Gasteiger partial charge in [0.15, 0.2) is 0 Å². The molecule has 0 spiro atoms. The van der Waals surface area contributed by atoms with Crippen LogP contribution in [-0.4, -0.2) is 18.0 Å². The molecule has 0 saturated heterocycles. The minimum Gasteiger partial charge on any atom is -0.489 e. The minimum absolute atomic E-state index is 0.410. The van der Waals surface area contributed by atoms with E-state index in [-0.39, 0.29) is 0 Å². The molecule has 34 heavy (non-hydrogen) atoms. The molecule has 2 amide bonds. The Balaban J connectivity index is 1.32. The lowest BCUT2D eigenvalue weighted by atomic mass is 9.96. The molecule has 0 saturated carbocycles. The molecule has 172 valence electrons. The third-order valence-corrected chi connectivity index (χ3v) is 6.95. The van der Waals surface area contributed by atoms with E-state index < -0.39 is 11.8 Å². The smallest absolute Gasteiger partial charge is 0.329 e. The van der Waals surface area contributed by atoms with Gasteiger partial charge in [-0.25, -0.2) is 5.43 Å². The van der Waals surface area contributed by atoms with Crippen molar-refractivity contribution in [2.75, 3.05) is 5.32 Å². The summed E-state index contributed by atoms with van der Waals surface area (Å²) in [5.41, 5.74) is 5.41. The Morgan fingerprint density at radius 2 is 1.97 bits per heavy atom. The van der Waals surface area contributed by atoms with E-state index >= 15 is 0 Å². The van der Waals surface area contributed by atoms with Crippen LogP contribution in [0.4, 0.5) is 5.00 Å². The molecule has 3 aromatic rings. The summed E-state index contributed by atoms with van der Waals surface area (Å²) in [6.07, 6.45) is 5.25. The van der Waals surface area contributed by atoms with Crippen molar-refractivity contribution < 1.29 is 14.3 Å². The van der Waals surface area contributed by atoms with Crippen molar-refractivity contribution in [1.29, 1.82) is 5.26 Å². The Hall–Kier alpha value is -3.48. The molecule has 1 aliphatic carbocycles. The number of hydrogen-bond donors (Lipinski definition) is 2. The molecule has 2 aromatic carbocycles. The Labute approximate surface area is 209 Å². The average Bonchev–Trinajstić information content (AvgIpc) is 3.20. The van der Waals surface area contributed by atoms with Crippen LogP contribution in [0.1, 0.15) is 40.0 Å². The van der Waals surface area contributed by atoms with Gasteiger partial charge < -0.3 is 10.1 Å². The zero-order chi connectivity index (χ0) is 23.9. The second-order valence-corrected chi connectivity index (χ2v) is 9.69. The van der Waals surface area contributed by atoms with Crippen LogP contribution in [-0.2, 0) is 29.0 Å². The van der Waals surface area contributed by atoms with Crippen molar-refractivity contribution in [3.63, 3.8) is 0 Å². The maximum Gasteiger partial charge on any atom is 0.329 e.